The number of nitrogens with zero attached hydrogens (tertiary/aromatic N) is 1. The van der Waals surface area contributed by atoms with E-state index in [1.807, 2.05) is 13.8 Å². The van der Waals surface area contributed by atoms with Gasteiger partial charge in [0.15, 0.2) is 5.79 Å². The topological polar surface area (TPSA) is 21.7 Å². The maximum atomic E-state index is 5.12. The molecule has 1 saturated heterocycles. The molecule has 0 amide bonds. The minimum Gasteiger partial charge on any atom is -0.348 e. The Morgan fingerprint density at radius 1 is 1.21 bits per heavy atom. The lowest BCUT2D eigenvalue weighted by Gasteiger charge is -2.25. The summed E-state index contributed by atoms with van der Waals surface area (Å²) < 4.78 is 11.5. The van der Waals surface area contributed by atoms with Crippen LogP contribution in [0, 0.1) is 0 Å². The van der Waals surface area contributed by atoms with Crippen LogP contribution in [-0.2, 0) is 22.4 Å². The molecule has 1 fully saturated rings. The van der Waals surface area contributed by atoms with E-state index < -0.39 is 0 Å². The second kappa shape index (κ2) is 6.35. The van der Waals surface area contributed by atoms with Gasteiger partial charge in [0.1, 0.15) is 0 Å². The summed E-state index contributed by atoms with van der Waals surface area (Å²) in [6.45, 7) is 7.59. The third-order valence-electron chi connectivity index (χ3n) is 3.38. The Morgan fingerprint density at radius 2 is 1.89 bits per heavy atom. The Hall–Kier alpha value is -0.420. The van der Waals surface area contributed by atoms with Crippen molar-refractivity contribution in [3.8, 4) is 0 Å². The summed E-state index contributed by atoms with van der Waals surface area (Å²) in [4.78, 5) is 2.36. The van der Waals surface area contributed by atoms with Gasteiger partial charge in [-0.15, -0.1) is 0 Å². The summed E-state index contributed by atoms with van der Waals surface area (Å²) in [7, 11) is 2.17. The number of hydrogen-bond donors (Lipinski definition) is 0. The molecule has 1 aromatic carbocycles. The summed E-state index contributed by atoms with van der Waals surface area (Å²) in [6, 6.07) is 6.46. The zero-order valence-corrected chi connectivity index (χ0v) is 13.5. The Bertz CT molecular complexity index is 426. The molecule has 0 N–H and O–H groups in total. The second-order valence-corrected chi connectivity index (χ2v) is 6.32. The van der Waals surface area contributed by atoms with E-state index in [2.05, 4.69) is 46.1 Å². The number of benzene rings is 1. The highest BCUT2D eigenvalue weighted by Crippen LogP contribution is 2.25. The zero-order chi connectivity index (χ0) is 13.9. The van der Waals surface area contributed by atoms with Crippen LogP contribution in [0.3, 0.4) is 0 Å². The molecule has 0 saturated carbocycles. The van der Waals surface area contributed by atoms with Crippen LogP contribution in [0.5, 0.6) is 0 Å². The van der Waals surface area contributed by atoms with Crippen LogP contribution in [0.15, 0.2) is 22.7 Å². The van der Waals surface area contributed by atoms with Crippen LogP contribution >= 0.6 is 15.9 Å². The first kappa shape index (κ1) is 15.0. The summed E-state index contributed by atoms with van der Waals surface area (Å²) >= 11 is 3.58. The van der Waals surface area contributed by atoms with Crippen LogP contribution in [0.25, 0.3) is 0 Å². The van der Waals surface area contributed by atoms with Crippen molar-refractivity contribution in [1.82, 2.24) is 4.90 Å². The van der Waals surface area contributed by atoms with Crippen molar-refractivity contribution in [3.63, 3.8) is 0 Å². The molecule has 0 atom stereocenters. The predicted molar refractivity (Wildman–Crippen MR) is 80.2 cm³/mol. The molecule has 0 spiro atoms. The zero-order valence-electron chi connectivity index (χ0n) is 11.9. The molecule has 106 valence electrons. The molecule has 3 nitrogen and oxygen atoms in total. The number of rotatable bonds is 0. The third-order valence-corrected chi connectivity index (χ3v) is 4.13. The van der Waals surface area contributed by atoms with Crippen molar-refractivity contribution in [2.45, 2.75) is 32.6 Å². The van der Waals surface area contributed by atoms with Crippen molar-refractivity contribution >= 4 is 15.9 Å². The van der Waals surface area contributed by atoms with Gasteiger partial charge in [0.2, 0.25) is 0 Å². The molecule has 2 heterocycles. The fraction of sp³-hybridized carbons (Fsp3) is 0.600. The van der Waals surface area contributed by atoms with Gasteiger partial charge in [0.05, 0.1) is 13.2 Å². The standard InChI is InChI=1S/C10H12BrN.C5H10O2/c1-12-6-5-9-8(7-12)3-2-4-10(9)11;1-5(2)6-3-4-7-5/h2-4H,5-7H2,1H3;3-4H2,1-2H3. The highest BCUT2D eigenvalue weighted by molar-refractivity contribution is 9.10. The lowest BCUT2D eigenvalue weighted by atomic mass is 10.0. The Balaban J connectivity index is 0.000000163. The molecule has 4 heteroatoms. The minimum atomic E-state index is -0.306. The lowest BCUT2D eigenvalue weighted by Crippen LogP contribution is -2.26. The van der Waals surface area contributed by atoms with Crippen molar-refractivity contribution in [2.75, 3.05) is 26.8 Å². The first-order valence-corrected chi connectivity index (χ1v) is 7.50. The molecule has 1 aromatic rings. The van der Waals surface area contributed by atoms with E-state index in [4.69, 9.17) is 9.47 Å². The van der Waals surface area contributed by atoms with Crippen LogP contribution in [0.2, 0.25) is 0 Å². The summed E-state index contributed by atoms with van der Waals surface area (Å²) in [5, 5.41) is 0. The first-order chi connectivity index (χ1) is 8.98. The first-order valence-electron chi connectivity index (χ1n) is 6.71. The number of halogens is 1. The van der Waals surface area contributed by atoms with Crippen molar-refractivity contribution in [2.24, 2.45) is 0 Å². The number of likely N-dealkylation sites (N-methyl/N-ethyl adjacent to an activating group) is 1. The average Bonchev–Trinajstić information content (AvgIpc) is 2.75. The van der Waals surface area contributed by atoms with E-state index in [0.29, 0.717) is 0 Å². The molecule has 0 aromatic heterocycles. The molecule has 0 radical (unpaired) electrons. The van der Waals surface area contributed by atoms with E-state index in [0.717, 1.165) is 19.8 Å². The minimum absolute atomic E-state index is 0.306. The van der Waals surface area contributed by atoms with E-state index in [1.54, 1.807) is 0 Å². The normalized spacial score (nSPS) is 21.5. The average molecular weight is 328 g/mol. The van der Waals surface area contributed by atoms with Gasteiger partial charge in [-0.25, -0.2) is 0 Å². The van der Waals surface area contributed by atoms with Gasteiger partial charge in [0, 0.05) is 17.6 Å². The van der Waals surface area contributed by atoms with E-state index in [1.165, 1.54) is 28.6 Å². The van der Waals surface area contributed by atoms with E-state index >= 15 is 0 Å². The van der Waals surface area contributed by atoms with E-state index in [-0.39, 0.29) is 5.79 Å². The monoisotopic (exact) mass is 327 g/mol. The highest BCUT2D eigenvalue weighted by atomic mass is 79.9. The fourth-order valence-corrected chi connectivity index (χ4v) is 2.93. The Kier molecular flexibility index (Phi) is 5.01. The van der Waals surface area contributed by atoms with Crippen LogP contribution < -0.4 is 0 Å². The van der Waals surface area contributed by atoms with Gasteiger partial charge in [-0.05, 0) is 44.5 Å². The fourth-order valence-electron chi connectivity index (χ4n) is 2.32. The summed E-state index contributed by atoms with van der Waals surface area (Å²) in [5.41, 5.74) is 2.97. The molecule has 19 heavy (non-hydrogen) atoms. The van der Waals surface area contributed by atoms with Gasteiger partial charge in [0.25, 0.3) is 0 Å². The summed E-state index contributed by atoms with van der Waals surface area (Å²) in [5.74, 6) is -0.306. The maximum absolute atomic E-state index is 5.12. The SMILES string of the molecule is CC1(C)OCCO1.CN1CCc2c(Br)cccc2C1. The molecule has 2 aliphatic heterocycles. The predicted octanol–water partition coefficient (Wildman–Crippen LogP) is 3.21. The smallest absolute Gasteiger partial charge is 0.162 e. The Labute approximate surface area is 124 Å². The van der Waals surface area contributed by atoms with Crippen LogP contribution in [0.4, 0.5) is 0 Å². The quantitative estimate of drug-likeness (QED) is 0.730. The number of fused-ring (bicyclic) bond motifs is 1. The maximum Gasteiger partial charge on any atom is 0.162 e. The molecule has 0 aliphatic carbocycles. The van der Waals surface area contributed by atoms with Gasteiger partial charge in [-0.1, -0.05) is 28.1 Å². The molecular formula is C15H22BrNO2. The van der Waals surface area contributed by atoms with E-state index in [9.17, 15) is 0 Å². The van der Waals surface area contributed by atoms with Gasteiger partial charge < -0.3 is 14.4 Å². The third kappa shape index (κ3) is 4.28. The van der Waals surface area contributed by atoms with Crippen molar-refractivity contribution in [1.29, 1.82) is 0 Å². The van der Waals surface area contributed by atoms with Crippen LogP contribution in [-0.4, -0.2) is 37.5 Å². The number of hydrogen-bond acceptors (Lipinski definition) is 3. The molecule has 3 rings (SSSR count). The molecular weight excluding hydrogens is 306 g/mol. The Morgan fingerprint density at radius 3 is 2.47 bits per heavy atom. The van der Waals surface area contributed by atoms with Gasteiger partial charge >= 0.3 is 0 Å². The van der Waals surface area contributed by atoms with Crippen molar-refractivity contribution < 1.29 is 9.47 Å². The molecule has 0 unspecified atom stereocenters. The second-order valence-electron chi connectivity index (χ2n) is 5.46. The summed E-state index contributed by atoms with van der Waals surface area (Å²) in [6.07, 6.45) is 1.17. The molecule has 0 bridgehead atoms. The lowest BCUT2D eigenvalue weighted by molar-refractivity contribution is -0.125. The molecule has 2 aliphatic rings. The van der Waals surface area contributed by atoms with Crippen molar-refractivity contribution in [3.05, 3.63) is 33.8 Å². The largest absolute Gasteiger partial charge is 0.348 e. The van der Waals surface area contributed by atoms with Crippen LogP contribution in [0.1, 0.15) is 25.0 Å². The van der Waals surface area contributed by atoms with Gasteiger partial charge in [-0.3, -0.25) is 0 Å². The number of ether oxygens (including phenoxy) is 2. The highest BCUT2D eigenvalue weighted by Gasteiger charge is 2.23. The van der Waals surface area contributed by atoms with Gasteiger partial charge in [-0.2, -0.15) is 0 Å².